The van der Waals surface area contributed by atoms with Crippen LogP contribution in [-0.4, -0.2) is 42.3 Å². The van der Waals surface area contributed by atoms with Gasteiger partial charge in [0.2, 0.25) is 0 Å². The lowest BCUT2D eigenvalue weighted by molar-refractivity contribution is -0.137. The van der Waals surface area contributed by atoms with E-state index in [-0.39, 0.29) is 17.4 Å². The molecule has 0 aromatic rings. The predicted molar refractivity (Wildman–Crippen MR) is 79.3 cm³/mol. The highest BCUT2D eigenvalue weighted by molar-refractivity contribution is 5.03. The molecule has 2 fully saturated rings. The van der Waals surface area contributed by atoms with E-state index in [1.54, 1.807) is 0 Å². The summed E-state index contributed by atoms with van der Waals surface area (Å²) in [6.45, 7) is 8.92. The van der Waals surface area contributed by atoms with Crippen LogP contribution in [0.4, 0.5) is 13.2 Å². The molecule has 0 amide bonds. The average Bonchev–Trinajstić information content (AvgIpc) is 2.74. The zero-order valence-corrected chi connectivity index (χ0v) is 13.5. The van der Waals surface area contributed by atoms with E-state index in [0.717, 1.165) is 13.1 Å². The van der Waals surface area contributed by atoms with E-state index in [0.29, 0.717) is 12.6 Å². The molecule has 1 saturated carbocycles. The van der Waals surface area contributed by atoms with Crippen LogP contribution in [0.2, 0.25) is 0 Å². The molecular weight excluding hydrogens is 277 g/mol. The van der Waals surface area contributed by atoms with Crippen molar-refractivity contribution in [2.24, 2.45) is 5.41 Å². The predicted octanol–water partition coefficient (Wildman–Crippen LogP) is 3.96. The molecule has 1 aliphatic heterocycles. The number of rotatable bonds is 3. The third-order valence-electron chi connectivity index (χ3n) is 5.08. The summed E-state index contributed by atoms with van der Waals surface area (Å²) in [5.74, 6) is 0. The number of piperazine rings is 1. The average molecular weight is 306 g/mol. The van der Waals surface area contributed by atoms with Gasteiger partial charge in [-0.05, 0) is 31.2 Å². The topological polar surface area (TPSA) is 15.3 Å². The molecule has 1 spiro atoms. The molecule has 0 bridgehead atoms. The van der Waals surface area contributed by atoms with Gasteiger partial charge in [-0.25, -0.2) is 0 Å². The Morgan fingerprint density at radius 1 is 1.14 bits per heavy atom. The number of halogens is 3. The van der Waals surface area contributed by atoms with Crippen molar-refractivity contribution >= 4 is 0 Å². The van der Waals surface area contributed by atoms with Crippen molar-refractivity contribution < 1.29 is 13.2 Å². The Bertz CT molecular complexity index is 340. The van der Waals surface area contributed by atoms with Gasteiger partial charge in [0, 0.05) is 31.1 Å². The van der Waals surface area contributed by atoms with Crippen molar-refractivity contribution in [3.63, 3.8) is 0 Å². The molecule has 1 heterocycles. The molecular formula is C16H29F3N2. The maximum absolute atomic E-state index is 12.4. The van der Waals surface area contributed by atoms with E-state index in [1.807, 2.05) is 0 Å². The van der Waals surface area contributed by atoms with Crippen LogP contribution in [-0.2, 0) is 0 Å². The molecule has 5 heteroatoms. The van der Waals surface area contributed by atoms with Crippen molar-refractivity contribution in [1.29, 1.82) is 0 Å². The molecule has 2 nitrogen and oxygen atoms in total. The summed E-state index contributed by atoms with van der Waals surface area (Å²) < 4.78 is 37.2. The number of hydrogen-bond donors (Lipinski definition) is 1. The molecule has 0 aromatic heterocycles. The van der Waals surface area contributed by atoms with Gasteiger partial charge in [0.25, 0.3) is 0 Å². The van der Waals surface area contributed by atoms with Gasteiger partial charge in [-0.3, -0.25) is 4.90 Å². The Morgan fingerprint density at radius 3 is 2.29 bits per heavy atom. The van der Waals surface area contributed by atoms with Crippen molar-refractivity contribution in [2.45, 2.75) is 77.1 Å². The Morgan fingerprint density at radius 2 is 1.76 bits per heavy atom. The second kappa shape index (κ2) is 6.07. The molecule has 2 aliphatic rings. The fourth-order valence-electron chi connectivity index (χ4n) is 3.96. The van der Waals surface area contributed by atoms with Crippen LogP contribution in [0.3, 0.4) is 0 Å². The molecule has 1 N–H and O–H groups in total. The maximum atomic E-state index is 12.4. The normalized spacial score (nSPS) is 27.4. The zero-order chi connectivity index (χ0) is 15.7. The lowest BCUT2D eigenvalue weighted by Crippen LogP contribution is -2.66. The SMILES string of the molecule is CC(C)(C)C1CNC2(CCCC2)CN1CCCC(F)(F)F. The first kappa shape index (κ1) is 17.1. The van der Waals surface area contributed by atoms with Crippen molar-refractivity contribution in [2.75, 3.05) is 19.6 Å². The van der Waals surface area contributed by atoms with Gasteiger partial charge in [-0.1, -0.05) is 33.6 Å². The minimum Gasteiger partial charge on any atom is -0.308 e. The Kier molecular flexibility index (Phi) is 4.94. The first-order valence-electron chi connectivity index (χ1n) is 8.17. The van der Waals surface area contributed by atoms with Crippen LogP contribution in [0, 0.1) is 5.41 Å². The summed E-state index contributed by atoms with van der Waals surface area (Å²) in [6.07, 6.45) is 0.329. The Hall–Kier alpha value is -0.290. The van der Waals surface area contributed by atoms with Gasteiger partial charge in [-0.15, -0.1) is 0 Å². The van der Waals surface area contributed by atoms with Crippen molar-refractivity contribution in [3.8, 4) is 0 Å². The standard InChI is InChI=1S/C16H29F3N2/c1-14(2,3)13-11-20-15(7-4-5-8-15)12-21(13)10-6-9-16(17,18)19/h13,20H,4-12H2,1-3H3. The van der Waals surface area contributed by atoms with Gasteiger partial charge in [0.05, 0.1) is 0 Å². The second-order valence-electron chi connectivity index (χ2n) is 7.94. The molecule has 1 aliphatic carbocycles. The summed E-state index contributed by atoms with van der Waals surface area (Å²) in [6, 6.07) is 0.317. The monoisotopic (exact) mass is 306 g/mol. The van der Waals surface area contributed by atoms with Crippen molar-refractivity contribution in [3.05, 3.63) is 0 Å². The minimum absolute atomic E-state index is 0.0887. The van der Waals surface area contributed by atoms with E-state index >= 15 is 0 Å². The molecule has 124 valence electrons. The molecule has 0 radical (unpaired) electrons. The zero-order valence-electron chi connectivity index (χ0n) is 13.5. The van der Waals surface area contributed by atoms with Crippen LogP contribution >= 0.6 is 0 Å². The van der Waals surface area contributed by atoms with E-state index in [1.165, 1.54) is 25.7 Å². The van der Waals surface area contributed by atoms with Gasteiger partial charge in [0.15, 0.2) is 0 Å². The van der Waals surface area contributed by atoms with Crippen LogP contribution in [0.25, 0.3) is 0 Å². The molecule has 0 aromatic carbocycles. The lowest BCUT2D eigenvalue weighted by atomic mass is 9.81. The fourth-order valence-corrected chi connectivity index (χ4v) is 3.96. The van der Waals surface area contributed by atoms with Gasteiger partial charge >= 0.3 is 6.18 Å². The maximum Gasteiger partial charge on any atom is 0.389 e. The number of hydrogen-bond acceptors (Lipinski definition) is 2. The highest BCUT2D eigenvalue weighted by Crippen LogP contribution is 2.37. The van der Waals surface area contributed by atoms with Gasteiger partial charge in [-0.2, -0.15) is 13.2 Å². The van der Waals surface area contributed by atoms with Crippen LogP contribution in [0.15, 0.2) is 0 Å². The largest absolute Gasteiger partial charge is 0.389 e. The highest BCUT2D eigenvalue weighted by atomic mass is 19.4. The third kappa shape index (κ3) is 4.59. The van der Waals surface area contributed by atoms with Crippen LogP contribution < -0.4 is 5.32 Å². The van der Waals surface area contributed by atoms with E-state index < -0.39 is 12.6 Å². The summed E-state index contributed by atoms with van der Waals surface area (Å²) in [5.41, 5.74) is 0.255. The second-order valence-corrected chi connectivity index (χ2v) is 7.94. The molecule has 2 rings (SSSR count). The molecule has 1 atom stereocenters. The third-order valence-corrected chi connectivity index (χ3v) is 5.08. The quantitative estimate of drug-likeness (QED) is 0.849. The van der Waals surface area contributed by atoms with Crippen LogP contribution in [0.5, 0.6) is 0 Å². The molecule has 1 unspecified atom stereocenters. The number of nitrogens with one attached hydrogen (secondary N) is 1. The van der Waals surface area contributed by atoms with Gasteiger partial charge < -0.3 is 5.32 Å². The smallest absolute Gasteiger partial charge is 0.308 e. The molecule has 21 heavy (non-hydrogen) atoms. The molecule has 1 saturated heterocycles. The highest BCUT2D eigenvalue weighted by Gasteiger charge is 2.44. The summed E-state index contributed by atoms with van der Waals surface area (Å²) >= 11 is 0. The fraction of sp³-hybridized carbons (Fsp3) is 1.00. The van der Waals surface area contributed by atoms with Crippen molar-refractivity contribution in [1.82, 2.24) is 10.2 Å². The first-order valence-corrected chi connectivity index (χ1v) is 8.17. The van der Waals surface area contributed by atoms with E-state index in [4.69, 9.17) is 0 Å². The Balaban J connectivity index is 1.99. The summed E-state index contributed by atoms with van der Waals surface area (Å²) in [5, 5.41) is 3.72. The summed E-state index contributed by atoms with van der Waals surface area (Å²) in [4.78, 5) is 2.33. The number of nitrogens with zero attached hydrogens (tertiary/aromatic N) is 1. The summed E-state index contributed by atoms with van der Waals surface area (Å²) in [7, 11) is 0. The Labute approximate surface area is 126 Å². The lowest BCUT2D eigenvalue weighted by Gasteiger charge is -2.51. The minimum atomic E-state index is -4.03. The van der Waals surface area contributed by atoms with E-state index in [9.17, 15) is 13.2 Å². The van der Waals surface area contributed by atoms with Crippen LogP contribution in [0.1, 0.15) is 59.3 Å². The number of alkyl halides is 3. The van der Waals surface area contributed by atoms with E-state index in [2.05, 4.69) is 31.0 Å². The van der Waals surface area contributed by atoms with Gasteiger partial charge in [0.1, 0.15) is 0 Å². The first-order chi connectivity index (χ1) is 9.61.